The molecule has 4 rings (SSSR count). The van der Waals surface area contributed by atoms with Crippen LogP contribution in [0.1, 0.15) is 39.3 Å². The standard InChI is InChI=1S/C22H25BrFIN6O2/c1-21(2,3)33-20(32)30-8-6-22(7-9-30,15-5-4-14(24)12-26-15)13-27-18-11-17(25)28-19-10-16(23)29-31(18)19/h4-5,10-12,27H,6-9,13H2,1-3H3. The quantitative estimate of drug-likeness (QED) is 0.322. The van der Waals surface area contributed by atoms with E-state index in [4.69, 9.17) is 4.74 Å². The molecule has 1 N–H and O–H groups in total. The van der Waals surface area contributed by atoms with E-state index in [0.29, 0.717) is 37.1 Å². The molecular weight excluding hydrogens is 606 g/mol. The minimum atomic E-state index is -0.548. The number of rotatable bonds is 4. The number of hydrogen-bond acceptors (Lipinski definition) is 6. The maximum Gasteiger partial charge on any atom is 0.410 e. The molecule has 0 radical (unpaired) electrons. The molecule has 0 spiro atoms. The van der Waals surface area contributed by atoms with Gasteiger partial charge in [-0.1, -0.05) is 0 Å². The van der Waals surface area contributed by atoms with E-state index >= 15 is 0 Å². The summed E-state index contributed by atoms with van der Waals surface area (Å²) in [6, 6.07) is 6.94. The SMILES string of the molecule is CC(C)(C)OC(=O)N1CCC(CNc2cc(I)nc3cc(Br)nn23)(c2ccc(F)cn2)CC1. The number of likely N-dealkylation sites (tertiary alicyclic amines) is 1. The average molecular weight is 631 g/mol. The van der Waals surface area contributed by atoms with Crippen molar-refractivity contribution in [3.05, 3.63) is 50.3 Å². The zero-order valence-corrected chi connectivity index (χ0v) is 22.4. The van der Waals surface area contributed by atoms with E-state index in [2.05, 4.69) is 58.9 Å². The fraction of sp³-hybridized carbons (Fsp3) is 0.455. The first-order valence-corrected chi connectivity index (χ1v) is 12.5. The summed E-state index contributed by atoms with van der Waals surface area (Å²) in [5.74, 6) is 0.422. The minimum absolute atomic E-state index is 0.317. The highest BCUT2D eigenvalue weighted by Gasteiger charge is 2.39. The maximum atomic E-state index is 13.6. The van der Waals surface area contributed by atoms with Gasteiger partial charge in [0.2, 0.25) is 0 Å². The summed E-state index contributed by atoms with van der Waals surface area (Å²) in [6.07, 6.45) is 2.25. The molecule has 1 fully saturated rings. The van der Waals surface area contributed by atoms with Gasteiger partial charge in [-0.15, -0.1) is 0 Å². The molecule has 0 aliphatic carbocycles. The van der Waals surface area contributed by atoms with Gasteiger partial charge >= 0.3 is 6.09 Å². The highest BCUT2D eigenvalue weighted by molar-refractivity contribution is 14.1. The largest absolute Gasteiger partial charge is 0.444 e. The summed E-state index contributed by atoms with van der Waals surface area (Å²) in [6.45, 7) is 7.15. The van der Waals surface area contributed by atoms with E-state index < -0.39 is 11.0 Å². The van der Waals surface area contributed by atoms with E-state index in [-0.39, 0.29) is 11.9 Å². The van der Waals surface area contributed by atoms with Gasteiger partial charge < -0.3 is 15.0 Å². The van der Waals surface area contributed by atoms with Crippen LogP contribution in [0.25, 0.3) is 5.65 Å². The Morgan fingerprint density at radius 3 is 2.67 bits per heavy atom. The molecule has 11 heteroatoms. The van der Waals surface area contributed by atoms with Crippen molar-refractivity contribution in [1.82, 2.24) is 24.5 Å². The Balaban J connectivity index is 1.58. The van der Waals surface area contributed by atoms with Crippen molar-refractivity contribution in [1.29, 1.82) is 0 Å². The second-order valence-corrected chi connectivity index (χ2v) is 11.1. The molecule has 1 saturated heterocycles. The number of aromatic nitrogens is 4. The Morgan fingerprint density at radius 1 is 1.30 bits per heavy atom. The Hall–Kier alpha value is -2.02. The molecule has 0 unspecified atom stereocenters. The van der Waals surface area contributed by atoms with Crippen molar-refractivity contribution in [2.24, 2.45) is 0 Å². The molecule has 3 aromatic rings. The van der Waals surface area contributed by atoms with Crippen LogP contribution in [0.5, 0.6) is 0 Å². The molecule has 0 atom stereocenters. The van der Waals surface area contributed by atoms with Crippen LogP contribution in [0.3, 0.4) is 0 Å². The van der Waals surface area contributed by atoms with Gasteiger partial charge in [0.15, 0.2) is 5.65 Å². The number of fused-ring (bicyclic) bond motifs is 1. The molecule has 3 aromatic heterocycles. The lowest BCUT2D eigenvalue weighted by molar-refractivity contribution is 0.0167. The van der Waals surface area contributed by atoms with Crippen LogP contribution in [0, 0.1) is 9.52 Å². The minimum Gasteiger partial charge on any atom is -0.444 e. The summed E-state index contributed by atoms with van der Waals surface area (Å²) in [5, 5.41) is 7.98. The van der Waals surface area contributed by atoms with Gasteiger partial charge in [-0.3, -0.25) is 4.98 Å². The Morgan fingerprint density at radius 2 is 2.03 bits per heavy atom. The van der Waals surface area contributed by atoms with Crippen LogP contribution in [0.15, 0.2) is 35.1 Å². The zero-order chi connectivity index (χ0) is 23.8. The number of carbonyl (C=O) groups is 1. The average Bonchev–Trinajstić information content (AvgIpc) is 3.11. The number of hydrogen-bond donors (Lipinski definition) is 1. The van der Waals surface area contributed by atoms with Crippen LogP contribution >= 0.6 is 38.5 Å². The van der Waals surface area contributed by atoms with Gasteiger partial charge in [-0.05, 0) is 84.3 Å². The summed E-state index contributed by atoms with van der Waals surface area (Å²) in [4.78, 5) is 23.2. The molecule has 4 heterocycles. The van der Waals surface area contributed by atoms with Crippen LogP contribution < -0.4 is 5.32 Å². The molecule has 0 saturated carbocycles. The number of amides is 1. The Labute approximate surface area is 213 Å². The van der Waals surface area contributed by atoms with E-state index in [9.17, 15) is 9.18 Å². The van der Waals surface area contributed by atoms with Crippen molar-refractivity contribution >= 4 is 56.1 Å². The Bertz CT molecular complexity index is 1160. The lowest BCUT2D eigenvalue weighted by atomic mass is 9.75. The zero-order valence-electron chi connectivity index (χ0n) is 18.6. The molecule has 1 aliphatic heterocycles. The van der Waals surface area contributed by atoms with Crippen molar-refractivity contribution in [2.75, 3.05) is 25.0 Å². The van der Waals surface area contributed by atoms with Gasteiger partial charge in [0.05, 0.1) is 6.20 Å². The first-order chi connectivity index (χ1) is 15.5. The van der Waals surface area contributed by atoms with Gasteiger partial charge in [0.1, 0.15) is 25.5 Å². The number of piperidine rings is 1. The number of anilines is 1. The van der Waals surface area contributed by atoms with E-state index in [0.717, 1.165) is 20.9 Å². The number of ether oxygens (including phenoxy) is 1. The highest BCUT2D eigenvalue weighted by atomic mass is 127. The fourth-order valence-electron chi connectivity index (χ4n) is 3.96. The van der Waals surface area contributed by atoms with Crippen LogP contribution in [0.2, 0.25) is 0 Å². The monoisotopic (exact) mass is 630 g/mol. The summed E-state index contributed by atoms with van der Waals surface area (Å²) in [7, 11) is 0. The topological polar surface area (TPSA) is 84.6 Å². The first-order valence-electron chi connectivity index (χ1n) is 10.6. The lowest BCUT2D eigenvalue weighted by Gasteiger charge is -2.42. The number of halogens is 3. The second kappa shape index (κ2) is 9.32. The predicted molar refractivity (Wildman–Crippen MR) is 135 cm³/mol. The van der Waals surface area contributed by atoms with Gasteiger partial charge in [0.25, 0.3) is 0 Å². The first kappa shape index (κ1) is 24.1. The Kier molecular flexibility index (Phi) is 6.81. The summed E-state index contributed by atoms with van der Waals surface area (Å²) < 4.78 is 22.4. The van der Waals surface area contributed by atoms with Gasteiger partial charge in [0, 0.05) is 42.9 Å². The molecule has 1 aliphatic rings. The van der Waals surface area contributed by atoms with Crippen LogP contribution in [-0.2, 0) is 10.2 Å². The highest BCUT2D eigenvalue weighted by Crippen LogP contribution is 2.35. The van der Waals surface area contributed by atoms with Crippen LogP contribution in [-0.4, -0.2) is 55.8 Å². The number of nitrogens with zero attached hydrogens (tertiary/aromatic N) is 5. The van der Waals surface area contributed by atoms with Crippen molar-refractivity contribution in [3.8, 4) is 0 Å². The molecule has 176 valence electrons. The third kappa shape index (κ3) is 5.56. The normalized spacial score (nSPS) is 16.1. The van der Waals surface area contributed by atoms with E-state index in [1.807, 2.05) is 32.9 Å². The molecule has 33 heavy (non-hydrogen) atoms. The molecular formula is C22H25BrFIN6O2. The fourth-order valence-corrected chi connectivity index (χ4v) is 4.86. The van der Waals surface area contributed by atoms with E-state index in [1.165, 1.54) is 12.3 Å². The van der Waals surface area contributed by atoms with E-state index in [1.54, 1.807) is 15.5 Å². The van der Waals surface area contributed by atoms with Gasteiger partial charge in [-0.25, -0.2) is 14.2 Å². The summed E-state index contributed by atoms with van der Waals surface area (Å²) in [5.41, 5.74) is 0.581. The molecule has 1 amide bonds. The molecule has 0 aromatic carbocycles. The maximum absolute atomic E-state index is 13.6. The van der Waals surface area contributed by atoms with Crippen LogP contribution in [0.4, 0.5) is 15.0 Å². The van der Waals surface area contributed by atoms with Crippen molar-refractivity contribution in [3.63, 3.8) is 0 Å². The molecule has 8 nitrogen and oxygen atoms in total. The van der Waals surface area contributed by atoms with Gasteiger partial charge in [-0.2, -0.15) is 9.61 Å². The summed E-state index contributed by atoms with van der Waals surface area (Å²) >= 11 is 5.59. The number of pyridine rings is 1. The lowest BCUT2D eigenvalue weighted by Crippen LogP contribution is -2.49. The second-order valence-electron chi connectivity index (χ2n) is 9.16. The van der Waals surface area contributed by atoms with Crippen molar-refractivity contribution in [2.45, 2.75) is 44.6 Å². The third-order valence-corrected chi connectivity index (χ3v) is 6.56. The predicted octanol–water partition coefficient (Wildman–Crippen LogP) is 5.01. The third-order valence-electron chi connectivity index (χ3n) is 5.62. The smallest absolute Gasteiger partial charge is 0.410 e. The molecule has 0 bridgehead atoms. The van der Waals surface area contributed by atoms with Crippen molar-refractivity contribution < 1.29 is 13.9 Å². The number of carbonyl (C=O) groups excluding carboxylic acids is 1. The number of nitrogens with one attached hydrogen (secondary N) is 1.